The van der Waals surface area contributed by atoms with Crippen molar-refractivity contribution in [3.63, 3.8) is 0 Å². The van der Waals surface area contributed by atoms with Crippen molar-refractivity contribution in [1.29, 1.82) is 0 Å². The van der Waals surface area contributed by atoms with Gasteiger partial charge in [-0.25, -0.2) is 0 Å². The SMILES string of the molecule is NCc1ccc2ccn(CCc3ccncc3)c2c1. The Morgan fingerprint density at radius 2 is 1.84 bits per heavy atom. The highest BCUT2D eigenvalue weighted by molar-refractivity contribution is 5.80. The molecule has 0 saturated carbocycles. The van der Waals surface area contributed by atoms with Crippen molar-refractivity contribution in [1.82, 2.24) is 9.55 Å². The van der Waals surface area contributed by atoms with Crippen molar-refractivity contribution >= 4 is 10.9 Å². The molecule has 0 bridgehead atoms. The van der Waals surface area contributed by atoms with Crippen molar-refractivity contribution < 1.29 is 0 Å². The second-order valence-corrected chi connectivity index (χ2v) is 4.71. The van der Waals surface area contributed by atoms with E-state index in [2.05, 4.69) is 52.1 Å². The van der Waals surface area contributed by atoms with Gasteiger partial charge in [-0.3, -0.25) is 4.98 Å². The second kappa shape index (κ2) is 5.24. The van der Waals surface area contributed by atoms with Gasteiger partial charge >= 0.3 is 0 Å². The zero-order chi connectivity index (χ0) is 13.1. The molecular weight excluding hydrogens is 234 g/mol. The van der Waals surface area contributed by atoms with Gasteiger partial charge in [-0.15, -0.1) is 0 Å². The lowest BCUT2D eigenvalue weighted by Crippen LogP contribution is -2.01. The van der Waals surface area contributed by atoms with E-state index in [0.717, 1.165) is 13.0 Å². The van der Waals surface area contributed by atoms with Crippen molar-refractivity contribution in [2.75, 3.05) is 0 Å². The molecule has 0 saturated heterocycles. The van der Waals surface area contributed by atoms with E-state index in [1.807, 2.05) is 12.4 Å². The number of rotatable bonds is 4. The molecule has 19 heavy (non-hydrogen) atoms. The summed E-state index contributed by atoms with van der Waals surface area (Å²) in [7, 11) is 0. The van der Waals surface area contributed by atoms with Crippen LogP contribution in [0.25, 0.3) is 10.9 Å². The predicted octanol–water partition coefficient (Wildman–Crippen LogP) is 2.74. The highest BCUT2D eigenvalue weighted by atomic mass is 14.9. The van der Waals surface area contributed by atoms with Crippen LogP contribution in [-0.2, 0) is 19.5 Å². The Morgan fingerprint density at radius 3 is 2.63 bits per heavy atom. The fourth-order valence-electron chi connectivity index (χ4n) is 2.35. The van der Waals surface area contributed by atoms with Crippen LogP contribution >= 0.6 is 0 Å². The average Bonchev–Trinajstić information content (AvgIpc) is 2.88. The number of benzene rings is 1. The summed E-state index contributed by atoms with van der Waals surface area (Å²) in [5.41, 5.74) is 9.46. The van der Waals surface area contributed by atoms with Crippen molar-refractivity contribution in [3.8, 4) is 0 Å². The minimum atomic E-state index is 0.589. The number of hydrogen-bond acceptors (Lipinski definition) is 2. The number of hydrogen-bond donors (Lipinski definition) is 1. The Bertz CT molecular complexity index is 671. The van der Waals surface area contributed by atoms with Gasteiger partial charge in [0.1, 0.15) is 0 Å². The van der Waals surface area contributed by atoms with Gasteiger partial charge in [0.15, 0.2) is 0 Å². The number of fused-ring (bicyclic) bond motifs is 1. The number of nitrogens with zero attached hydrogens (tertiary/aromatic N) is 2. The van der Waals surface area contributed by atoms with Crippen LogP contribution in [-0.4, -0.2) is 9.55 Å². The molecule has 3 rings (SSSR count). The maximum absolute atomic E-state index is 5.71. The van der Waals surface area contributed by atoms with Crippen LogP contribution in [0.15, 0.2) is 55.0 Å². The molecule has 3 nitrogen and oxygen atoms in total. The summed E-state index contributed by atoms with van der Waals surface area (Å²) in [5, 5.41) is 1.27. The summed E-state index contributed by atoms with van der Waals surface area (Å²) in [6.45, 7) is 1.56. The molecule has 0 aliphatic carbocycles. The molecule has 0 spiro atoms. The quantitative estimate of drug-likeness (QED) is 0.775. The Balaban J connectivity index is 1.84. The van der Waals surface area contributed by atoms with Crippen molar-refractivity contribution in [2.24, 2.45) is 5.73 Å². The molecule has 2 N–H and O–H groups in total. The molecule has 3 aromatic rings. The Hall–Kier alpha value is -2.13. The Morgan fingerprint density at radius 1 is 1.00 bits per heavy atom. The van der Waals surface area contributed by atoms with E-state index in [0.29, 0.717) is 6.54 Å². The van der Waals surface area contributed by atoms with E-state index in [9.17, 15) is 0 Å². The summed E-state index contributed by atoms with van der Waals surface area (Å²) in [5.74, 6) is 0. The molecule has 2 heterocycles. The molecule has 1 aromatic carbocycles. The van der Waals surface area contributed by atoms with Gasteiger partial charge in [0.2, 0.25) is 0 Å². The van der Waals surface area contributed by atoms with Gasteiger partial charge in [-0.05, 0) is 47.2 Å². The first-order valence-electron chi connectivity index (χ1n) is 6.53. The third-order valence-electron chi connectivity index (χ3n) is 3.46. The molecule has 3 heteroatoms. The normalized spacial score (nSPS) is 11.0. The van der Waals surface area contributed by atoms with E-state index < -0.39 is 0 Å². The van der Waals surface area contributed by atoms with Crippen LogP contribution in [0.5, 0.6) is 0 Å². The lowest BCUT2D eigenvalue weighted by molar-refractivity contribution is 0.722. The summed E-state index contributed by atoms with van der Waals surface area (Å²) < 4.78 is 2.29. The Labute approximate surface area is 112 Å². The average molecular weight is 251 g/mol. The first-order chi connectivity index (χ1) is 9.36. The molecule has 0 fully saturated rings. The molecule has 2 aromatic heterocycles. The van der Waals surface area contributed by atoms with Crippen LogP contribution in [0.4, 0.5) is 0 Å². The first-order valence-corrected chi connectivity index (χ1v) is 6.53. The highest BCUT2D eigenvalue weighted by Crippen LogP contribution is 2.18. The highest BCUT2D eigenvalue weighted by Gasteiger charge is 2.02. The summed E-state index contributed by atoms with van der Waals surface area (Å²) >= 11 is 0. The van der Waals surface area contributed by atoms with Crippen LogP contribution in [0.1, 0.15) is 11.1 Å². The summed E-state index contributed by atoms with van der Waals surface area (Å²) in [4.78, 5) is 4.04. The molecule has 0 amide bonds. The maximum Gasteiger partial charge on any atom is 0.0483 e. The zero-order valence-corrected chi connectivity index (χ0v) is 10.8. The van der Waals surface area contributed by atoms with Gasteiger partial charge in [-0.2, -0.15) is 0 Å². The predicted molar refractivity (Wildman–Crippen MR) is 77.8 cm³/mol. The number of nitrogens with two attached hydrogens (primary N) is 1. The standard InChI is InChI=1S/C16H17N3/c17-12-14-1-2-15-6-10-19(16(15)11-14)9-5-13-3-7-18-8-4-13/h1-4,6-8,10-11H,5,9,12,17H2. The largest absolute Gasteiger partial charge is 0.347 e. The fourth-order valence-corrected chi connectivity index (χ4v) is 2.35. The summed E-state index contributed by atoms with van der Waals surface area (Å²) in [6, 6.07) is 12.7. The second-order valence-electron chi connectivity index (χ2n) is 4.71. The van der Waals surface area contributed by atoms with Gasteiger partial charge in [0.05, 0.1) is 0 Å². The van der Waals surface area contributed by atoms with Crippen LogP contribution in [0, 0.1) is 0 Å². The third kappa shape index (κ3) is 2.51. The minimum absolute atomic E-state index is 0.589. The molecule has 0 radical (unpaired) electrons. The third-order valence-corrected chi connectivity index (χ3v) is 3.46. The first kappa shape index (κ1) is 11.9. The summed E-state index contributed by atoms with van der Waals surface area (Å²) in [6.07, 6.45) is 6.84. The smallest absolute Gasteiger partial charge is 0.0483 e. The molecule has 0 aliphatic heterocycles. The van der Waals surface area contributed by atoms with Crippen LogP contribution in [0.2, 0.25) is 0 Å². The molecule has 0 atom stereocenters. The zero-order valence-electron chi connectivity index (χ0n) is 10.8. The molecule has 0 aliphatic rings. The van der Waals surface area contributed by atoms with E-state index in [-0.39, 0.29) is 0 Å². The molecule has 96 valence electrons. The van der Waals surface area contributed by atoms with Crippen LogP contribution in [0.3, 0.4) is 0 Å². The monoisotopic (exact) mass is 251 g/mol. The van der Waals surface area contributed by atoms with Crippen molar-refractivity contribution in [3.05, 3.63) is 66.1 Å². The van der Waals surface area contributed by atoms with Crippen LogP contribution < -0.4 is 5.73 Å². The van der Waals surface area contributed by atoms with Crippen molar-refractivity contribution in [2.45, 2.75) is 19.5 Å². The van der Waals surface area contributed by atoms with E-state index in [4.69, 9.17) is 5.73 Å². The van der Waals surface area contributed by atoms with Gasteiger partial charge in [0, 0.05) is 37.2 Å². The molecule has 0 unspecified atom stereocenters. The van der Waals surface area contributed by atoms with E-state index >= 15 is 0 Å². The lowest BCUT2D eigenvalue weighted by atomic mass is 10.1. The topological polar surface area (TPSA) is 43.8 Å². The van der Waals surface area contributed by atoms with Gasteiger partial charge < -0.3 is 10.3 Å². The van der Waals surface area contributed by atoms with Gasteiger partial charge in [-0.1, -0.05) is 12.1 Å². The lowest BCUT2D eigenvalue weighted by Gasteiger charge is -2.06. The van der Waals surface area contributed by atoms with Gasteiger partial charge in [0.25, 0.3) is 0 Å². The minimum Gasteiger partial charge on any atom is -0.347 e. The number of aromatic nitrogens is 2. The fraction of sp³-hybridized carbons (Fsp3) is 0.188. The Kier molecular flexibility index (Phi) is 3.29. The molecular formula is C16H17N3. The number of pyridine rings is 1. The maximum atomic E-state index is 5.71. The number of aryl methyl sites for hydroxylation is 2. The van der Waals surface area contributed by atoms with E-state index in [1.54, 1.807) is 0 Å². The van der Waals surface area contributed by atoms with E-state index in [1.165, 1.54) is 22.0 Å².